The Bertz CT molecular complexity index is 449. The smallest absolute Gasteiger partial charge is 0.372 e. The van der Waals surface area contributed by atoms with Gasteiger partial charge in [0.25, 0.3) is 5.88 Å². The summed E-state index contributed by atoms with van der Waals surface area (Å²) >= 11 is 0. The minimum absolute atomic E-state index is 0.0263. The molecule has 0 bridgehead atoms. The number of nitrogens with zero attached hydrogens (tertiary/aromatic N) is 3. The fourth-order valence-electron chi connectivity index (χ4n) is 1.54. The highest BCUT2D eigenvalue weighted by atomic mass is 16.6. The van der Waals surface area contributed by atoms with Crippen LogP contribution in [0.5, 0.6) is 5.88 Å². The second kappa shape index (κ2) is 6.86. The fraction of sp³-hybridized carbons (Fsp3) is 0.667. The molecule has 0 atom stereocenters. The number of ether oxygens (including phenoxy) is 1. The molecule has 2 N–H and O–H groups in total. The van der Waals surface area contributed by atoms with Gasteiger partial charge < -0.3 is 10.5 Å². The van der Waals surface area contributed by atoms with Gasteiger partial charge in [-0.25, -0.2) is 4.98 Å². The van der Waals surface area contributed by atoms with E-state index in [0.717, 1.165) is 12.8 Å². The average Bonchev–Trinajstić information content (AvgIpc) is 2.27. The number of nitrogens with two attached hydrogens (primary N) is 1. The van der Waals surface area contributed by atoms with Crippen LogP contribution in [0.1, 0.15) is 39.4 Å². The maximum absolute atomic E-state index is 11.0. The summed E-state index contributed by atoms with van der Waals surface area (Å²) in [4.78, 5) is 18.5. The highest BCUT2D eigenvalue weighted by Gasteiger charge is 2.24. The van der Waals surface area contributed by atoms with E-state index >= 15 is 0 Å². The van der Waals surface area contributed by atoms with Crippen LogP contribution in [-0.4, -0.2) is 21.5 Å². The van der Waals surface area contributed by atoms with Gasteiger partial charge in [0.15, 0.2) is 0 Å². The molecule has 0 radical (unpaired) electrons. The lowest BCUT2D eigenvalue weighted by Gasteiger charge is -2.09. The minimum atomic E-state index is -0.601. The van der Waals surface area contributed by atoms with Crippen molar-refractivity contribution in [1.29, 1.82) is 0 Å². The molecule has 0 fully saturated rings. The number of nitrogen functional groups attached to an aromatic ring is 1. The normalized spacial score (nSPS) is 10.7. The Morgan fingerprint density at radius 2 is 2.11 bits per heavy atom. The SMILES string of the molecule is CCCCOc1nc(CC(C)C)nc(N)c1[N+](=O)[O-]. The first-order valence-electron chi connectivity index (χ1n) is 6.39. The Kier molecular flexibility index (Phi) is 5.47. The lowest BCUT2D eigenvalue weighted by Crippen LogP contribution is -2.10. The Balaban J connectivity index is 3.06. The van der Waals surface area contributed by atoms with Crippen molar-refractivity contribution in [3.63, 3.8) is 0 Å². The van der Waals surface area contributed by atoms with E-state index in [1.54, 1.807) is 0 Å². The van der Waals surface area contributed by atoms with Crippen molar-refractivity contribution in [1.82, 2.24) is 9.97 Å². The van der Waals surface area contributed by atoms with Crippen LogP contribution < -0.4 is 10.5 Å². The van der Waals surface area contributed by atoms with Gasteiger partial charge in [0.1, 0.15) is 5.82 Å². The third-order valence-electron chi connectivity index (χ3n) is 2.44. The maximum Gasteiger partial charge on any atom is 0.372 e. The Morgan fingerprint density at radius 1 is 1.42 bits per heavy atom. The third kappa shape index (κ3) is 4.35. The Hall–Kier alpha value is -1.92. The predicted octanol–water partition coefficient (Wildman–Crippen LogP) is 2.34. The van der Waals surface area contributed by atoms with E-state index in [-0.39, 0.29) is 17.4 Å². The molecule has 1 heterocycles. The van der Waals surface area contributed by atoms with Crippen molar-refractivity contribution >= 4 is 11.5 Å². The van der Waals surface area contributed by atoms with Crippen LogP contribution in [0.25, 0.3) is 0 Å². The number of hydrogen-bond acceptors (Lipinski definition) is 6. The first kappa shape index (κ1) is 15.1. The average molecular weight is 268 g/mol. The number of anilines is 1. The van der Waals surface area contributed by atoms with Crippen molar-refractivity contribution in [2.75, 3.05) is 12.3 Å². The van der Waals surface area contributed by atoms with Crippen molar-refractivity contribution in [2.45, 2.75) is 40.0 Å². The van der Waals surface area contributed by atoms with Crippen molar-refractivity contribution in [3.8, 4) is 5.88 Å². The molecule has 0 aliphatic rings. The summed E-state index contributed by atoms with van der Waals surface area (Å²) in [6, 6.07) is 0. The van der Waals surface area contributed by atoms with Crippen LogP contribution in [0.15, 0.2) is 0 Å². The standard InChI is InChI=1S/C12H20N4O3/c1-4-5-6-19-12-10(16(17)18)11(13)14-9(15-12)7-8(2)3/h8H,4-7H2,1-3H3,(H2,13,14,15). The van der Waals surface area contributed by atoms with E-state index in [1.807, 2.05) is 20.8 Å². The lowest BCUT2D eigenvalue weighted by molar-refractivity contribution is -0.385. The van der Waals surface area contributed by atoms with Gasteiger partial charge in [-0.05, 0) is 12.3 Å². The van der Waals surface area contributed by atoms with Crippen LogP contribution in [0.3, 0.4) is 0 Å². The molecule has 19 heavy (non-hydrogen) atoms. The largest absolute Gasteiger partial charge is 0.473 e. The van der Waals surface area contributed by atoms with E-state index in [0.29, 0.717) is 24.8 Å². The lowest BCUT2D eigenvalue weighted by atomic mass is 10.1. The molecule has 0 aliphatic carbocycles. The van der Waals surface area contributed by atoms with E-state index in [9.17, 15) is 10.1 Å². The number of unbranched alkanes of at least 4 members (excludes halogenated alkanes) is 1. The molecule has 0 spiro atoms. The zero-order valence-electron chi connectivity index (χ0n) is 11.5. The van der Waals surface area contributed by atoms with Gasteiger partial charge in [-0.1, -0.05) is 27.2 Å². The molecule has 7 nitrogen and oxygen atoms in total. The van der Waals surface area contributed by atoms with Gasteiger partial charge in [-0.3, -0.25) is 10.1 Å². The molecular formula is C12H20N4O3. The second-order valence-corrected chi connectivity index (χ2v) is 4.74. The Labute approximate surface area is 112 Å². The summed E-state index contributed by atoms with van der Waals surface area (Å²) in [6.07, 6.45) is 2.35. The molecule has 1 aromatic rings. The third-order valence-corrected chi connectivity index (χ3v) is 2.44. The molecule has 0 aromatic carbocycles. The van der Waals surface area contributed by atoms with Crippen LogP contribution in [-0.2, 0) is 6.42 Å². The highest BCUT2D eigenvalue weighted by molar-refractivity contribution is 5.58. The summed E-state index contributed by atoms with van der Waals surface area (Å²) in [7, 11) is 0. The van der Waals surface area contributed by atoms with Gasteiger partial charge in [-0.2, -0.15) is 4.98 Å². The van der Waals surface area contributed by atoms with Gasteiger partial charge in [0, 0.05) is 6.42 Å². The molecule has 1 aromatic heterocycles. The first-order valence-corrected chi connectivity index (χ1v) is 6.39. The summed E-state index contributed by atoms with van der Waals surface area (Å²) in [5.74, 6) is 0.651. The number of aromatic nitrogens is 2. The molecule has 7 heteroatoms. The number of nitro groups is 1. The van der Waals surface area contributed by atoms with Gasteiger partial charge in [0.05, 0.1) is 11.5 Å². The molecule has 0 unspecified atom stereocenters. The van der Waals surface area contributed by atoms with Crippen molar-refractivity contribution in [2.24, 2.45) is 5.92 Å². The molecule has 0 aliphatic heterocycles. The topological polar surface area (TPSA) is 104 Å². The van der Waals surface area contributed by atoms with Crippen molar-refractivity contribution < 1.29 is 9.66 Å². The summed E-state index contributed by atoms with van der Waals surface area (Å²) in [5.41, 5.74) is 5.29. The van der Waals surface area contributed by atoms with E-state index < -0.39 is 4.92 Å². The quantitative estimate of drug-likeness (QED) is 0.462. The molecule has 1 rings (SSSR count). The number of rotatable bonds is 7. The predicted molar refractivity (Wildman–Crippen MR) is 72.0 cm³/mol. The van der Waals surface area contributed by atoms with Crippen molar-refractivity contribution in [3.05, 3.63) is 15.9 Å². The zero-order chi connectivity index (χ0) is 14.4. The maximum atomic E-state index is 11.0. The van der Waals surface area contributed by atoms with E-state index in [1.165, 1.54) is 0 Å². The monoisotopic (exact) mass is 268 g/mol. The summed E-state index contributed by atoms with van der Waals surface area (Å²) in [6.45, 7) is 6.42. The fourth-order valence-corrected chi connectivity index (χ4v) is 1.54. The van der Waals surface area contributed by atoms with Crippen LogP contribution in [0, 0.1) is 16.0 Å². The van der Waals surface area contributed by atoms with Crippen LogP contribution >= 0.6 is 0 Å². The van der Waals surface area contributed by atoms with Gasteiger partial charge in [-0.15, -0.1) is 0 Å². The molecule has 0 saturated heterocycles. The Morgan fingerprint density at radius 3 is 2.63 bits per heavy atom. The van der Waals surface area contributed by atoms with E-state index in [2.05, 4.69) is 9.97 Å². The molecule has 0 saturated carbocycles. The minimum Gasteiger partial charge on any atom is -0.473 e. The summed E-state index contributed by atoms with van der Waals surface area (Å²) in [5, 5.41) is 11.0. The molecule has 106 valence electrons. The first-order chi connectivity index (χ1) is 8.95. The number of hydrogen-bond donors (Lipinski definition) is 1. The zero-order valence-corrected chi connectivity index (χ0v) is 11.5. The van der Waals surface area contributed by atoms with Gasteiger partial charge in [0.2, 0.25) is 5.82 Å². The van der Waals surface area contributed by atoms with Crippen LogP contribution in [0.2, 0.25) is 0 Å². The second-order valence-electron chi connectivity index (χ2n) is 4.74. The van der Waals surface area contributed by atoms with E-state index in [4.69, 9.17) is 10.5 Å². The highest BCUT2D eigenvalue weighted by Crippen LogP contribution is 2.30. The molecule has 0 amide bonds. The van der Waals surface area contributed by atoms with Crippen LogP contribution in [0.4, 0.5) is 11.5 Å². The van der Waals surface area contributed by atoms with Gasteiger partial charge >= 0.3 is 5.69 Å². The summed E-state index contributed by atoms with van der Waals surface area (Å²) < 4.78 is 5.37. The molecular weight excluding hydrogens is 248 g/mol.